The Morgan fingerprint density at radius 2 is 1.33 bits per heavy atom. The molecule has 0 radical (unpaired) electrons. The smallest absolute Gasteiger partial charge is 0.138 e. The van der Waals surface area contributed by atoms with Crippen LogP contribution in [0.15, 0.2) is 84.9 Å². The van der Waals surface area contributed by atoms with Crippen molar-refractivity contribution >= 4 is 11.6 Å². The van der Waals surface area contributed by atoms with E-state index in [-0.39, 0.29) is 5.75 Å². The lowest BCUT2D eigenvalue weighted by Gasteiger charge is -2.15. The van der Waals surface area contributed by atoms with Crippen LogP contribution in [0.3, 0.4) is 0 Å². The lowest BCUT2D eigenvalue weighted by Crippen LogP contribution is -1.96. The van der Waals surface area contributed by atoms with Crippen LogP contribution in [-0.4, -0.2) is 5.11 Å². The fourth-order valence-corrected chi connectivity index (χ4v) is 3.84. The zero-order chi connectivity index (χ0) is 21.1. The molecule has 30 heavy (non-hydrogen) atoms. The van der Waals surface area contributed by atoms with Gasteiger partial charge in [0.05, 0.1) is 5.02 Å². The van der Waals surface area contributed by atoms with Gasteiger partial charge in [0.1, 0.15) is 18.1 Å². The molecule has 0 aliphatic carbocycles. The minimum atomic E-state index is 0.272. The number of benzene rings is 4. The van der Waals surface area contributed by atoms with E-state index in [9.17, 15) is 5.11 Å². The summed E-state index contributed by atoms with van der Waals surface area (Å²) in [6.45, 7) is 4.69. The van der Waals surface area contributed by atoms with Crippen molar-refractivity contribution in [2.24, 2.45) is 0 Å². The molecule has 4 aromatic rings. The van der Waals surface area contributed by atoms with Gasteiger partial charge in [0, 0.05) is 0 Å². The zero-order valence-electron chi connectivity index (χ0n) is 17.0. The van der Waals surface area contributed by atoms with Crippen LogP contribution in [-0.2, 0) is 6.61 Å². The van der Waals surface area contributed by atoms with Gasteiger partial charge in [-0.25, -0.2) is 0 Å². The van der Waals surface area contributed by atoms with Crippen molar-refractivity contribution in [2.75, 3.05) is 0 Å². The Balaban J connectivity index is 1.60. The van der Waals surface area contributed by atoms with Crippen LogP contribution in [0.2, 0.25) is 5.02 Å². The fraction of sp³-hybridized carbons (Fsp3) is 0.111. The van der Waals surface area contributed by atoms with Gasteiger partial charge < -0.3 is 9.84 Å². The number of ether oxygens (including phenoxy) is 1. The number of halogens is 1. The summed E-state index contributed by atoms with van der Waals surface area (Å²) in [5, 5.41) is 10.1. The second-order valence-corrected chi connectivity index (χ2v) is 7.86. The molecule has 1 N–H and O–H groups in total. The molecule has 0 saturated carbocycles. The highest BCUT2D eigenvalue weighted by Gasteiger charge is 2.11. The van der Waals surface area contributed by atoms with Crippen LogP contribution in [0.4, 0.5) is 0 Å². The van der Waals surface area contributed by atoms with Crippen LogP contribution in [0.5, 0.6) is 11.5 Å². The first-order valence-electron chi connectivity index (χ1n) is 9.88. The number of hydrogen-bond acceptors (Lipinski definition) is 2. The molecule has 0 amide bonds. The standard InChI is InChI=1S/C27H23ClO2/c1-18-15-25(19(2)14-24(18)21-8-11-23(29)12-9-21)22-10-13-27(26(28)16-22)30-17-20-6-4-3-5-7-20/h3-16,29H,17H2,1-2H3. The molecule has 0 atom stereocenters. The molecule has 0 unspecified atom stereocenters. The van der Waals surface area contributed by atoms with Crippen molar-refractivity contribution in [3.8, 4) is 33.8 Å². The lowest BCUT2D eigenvalue weighted by atomic mass is 9.92. The molecular weight excluding hydrogens is 392 g/mol. The molecule has 0 aliphatic heterocycles. The maximum atomic E-state index is 9.55. The highest BCUT2D eigenvalue weighted by Crippen LogP contribution is 2.35. The van der Waals surface area contributed by atoms with Crippen molar-refractivity contribution < 1.29 is 9.84 Å². The Morgan fingerprint density at radius 3 is 1.97 bits per heavy atom. The summed E-state index contributed by atoms with van der Waals surface area (Å²) >= 11 is 6.53. The van der Waals surface area contributed by atoms with Gasteiger partial charge in [0.25, 0.3) is 0 Å². The monoisotopic (exact) mass is 414 g/mol. The van der Waals surface area contributed by atoms with Crippen molar-refractivity contribution in [3.05, 3.63) is 107 Å². The summed E-state index contributed by atoms with van der Waals surface area (Å²) in [5.41, 5.74) is 7.89. The van der Waals surface area contributed by atoms with E-state index in [1.807, 2.05) is 60.7 Å². The molecule has 4 aromatic carbocycles. The van der Waals surface area contributed by atoms with Crippen molar-refractivity contribution in [1.29, 1.82) is 0 Å². The van der Waals surface area contributed by atoms with E-state index in [0.717, 1.165) is 33.4 Å². The minimum Gasteiger partial charge on any atom is -0.508 e. The third kappa shape index (κ3) is 4.34. The number of phenols is 1. The lowest BCUT2D eigenvalue weighted by molar-refractivity contribution is 0.306. The van der Waals surface area contributed by atoms with E-state index in [1.54, 1.807) is 12.1 Å². The molecule has 0 aromatic heterocycles. The Bertz CT molecular complexity index is 1170. The molecule has 2 nitrogen and oxygen atoms in total. The normalized spacial score (nSPS) is 10.8. The summed E-state index contributed by atoms with van der Waals surface area (Å²) in [6, 6.07) is 27.7. The molecule has 4 rings (SSSR count). The quantitative estimate of drug-likeness (QED) is 0.364. The van der Waals surface area contributed by atoms with Crippen LogP contribution >= 0.6 is 11.6 Å². The van der Waals surface area contributed by atoms with Crippen molar-refractivity contribution in [3.63, 3.8) is 0 Å². The first-order chi connectivity index (χ1) is 14.5. The summed E-state index contributed by atoms with van der Waals surface area (Å²) in [7, 11) is 0. The zero-order valence-corrected chi connectivity index (χ0v) is 17.8. The molecule has 0 bridgehead atoms. The molecule has 3 heteroatoms. The van der Waals surface area contributed by atoms with Gasteiger partial charge in [0.15, 0.2) is 0 Å². The number of phenolic OH excluding ortho intramolecular Hbond substituents is 1. The van der Waals surface area contributed by atoms with E-state index in [0.29, 0.717) is 17.4 Å². The van der Waals surface area contributed by atoms with Gasteiger partial charge in [-0.15, -0.1) is 0 Å². The largest absolute Gasteiger partial charge is 0.508 e. The Labute approximate surface area is 182 Å². The van der Waals surface area contributed by atoms with Gasteiger partial charge in [-0.3, -0.25) is 0 Å². The van der Waals surface area contributed by atoms with E-state index >= 15 is 0 Å². The third-order valence-electron chi connectivity index (χ3n) is 5.23. The summed E-state index contributed by atoms with van der Waals surface area (Å²) in [6.07, 6.45) is 0. The maximum Gasteiger partial charge on any atom is 0.138 e. The van der Waals surface area contributed by atoms with Crippen LogP contribution in [0.25, 0.3) is 22.3 Å². The van der Waals surface area contributed by atoms with Crippen molar-refractivity contribution in [1.82, 2.24) is 0 Å². The number of aryl methyl sites for hydroxylation is 2. The van der Waals surface area contributed by atoms with Gasteiger partial charge in [-0.2, -0.15) is 0 Å². The molecule has 150 valence electrons. The van der Waals surface area contributed by atoms with Crippen molar-refractivity contribution in [2.45, 2.75) is 20.5 Å². The third-order valence-corrected chi connectivity index (χ3v) is 5.53. The van der Waals surface area contributed by atoms with E-state index in [1.165, 1.54) is 5.56 Å². The van der Waals surface area contributed by atoms with Gasteiger partial charge >= 0.3 is 0 Å². The average Bonchev–Trinajstić information content (AvgIpc) is 2.75. The van der Waals surface area contributed by atoms with Crippen LogP contribution < -0.4 is 4.74 Å². The molecule has 0 heterocycles. The maximum absolute atomic E-state index is 9.55. The van der Waals surface area contributed by atoms with E-state index in [2.05, 4.69) is 26.0 Å². The van der Waals surface area contributed by atoms with E-state index < -0.39 is 0 Å². The number of aromatic hydroxyl groups is 1. The summed E-state index contributed by atoms with van der Waals surface area (Å²) in [5.74, 6) is 0.952. The Kier molecular flexibility index (Phi) is 5.78. The average molecular weight is 415 g/mol. The predicted molar refractivity (Wildman–Crippen MR) is 124 cm³/mol. The molecular formula is C27H23ClO2. The number of rotatable bonds is 5. The van der Waals surface area contributed by atoms with Gasteiger partial charge in [0.2, 0.25) is 0 Å². The molecule has 0 spiro atoms. The highest BCUT2D eigenvalue weighted by molar-refractivity contribution is 6.32. The topological polar surface area (TPSA) is 29.5 Å². The molecule has 0 fully saturated rings. The first-order valence-corrected chi connectivity index (χ1v) is 10.3. The van der Waals surface area contributed by atoms with Crippen LogP contribution in [0.1, 0.15) is 16.7 Å². The van der Waals surface area contributed by atoms with E-state index in [4.69, 9.17) is 16.3 Å². The number of hydrogen-bond donors (Lipinski definition) is 1. The molecule has 0 saturated heterocycles. The molecule has 0 aliphatic rings. The van der Waals surface area contributed by atoms with Gasteiger partial charge in [-0.05, 0) is 77.1 Å². The predicted octanol–water partition coefficient (Wildman–Crippen LogP) is 7.58. The SMILES string of the molecule is Cc1cc(-c2ccc(OCc3ccccc3)c(Cl)c2)c(C)cc1-c1ccc(O)cc1. The second-order valence-electron chi connectivity index (χ2n) is 7.45. The summed E-state index contributed by atoms with van der Waals surface area (Å²) in [4.78, 5) is 0. The Hall–Kier alpha value is -3.23. The van der Waals surface area contributed by atoms with Gasteiger partial charge in [-0.1, -0.05) is 72.3 Å². The van der Waals surface area contributed by atoms with Crippen LogP contribution in [0, 0.1) is 13.8 Å². The minimum absolute atomic E-state index is 0.272. The first kappa shape index (κ1) is 20.1. The second kappa shape index (κ2) is 8.64. The summed E-state index contributed by atoms with van der Waals surface area (Å²) < 4.78 is 5.90. The highest BCUT2D eigenvalue weighted by atomic mass is 35.5. The Morgan fingerprint density at radius 1 is 0.733 bits per heavy atom. The fourth-order valence-electron chi connectivity index (χ4n) is 3.60.